The van der Waals surface area contributed by atoms with Gasteiger partial charge in [-0.05, 0) is 46.9 Å². The SMILES string of the molecule is Cc1ccc(CN(C)CC(O)COC(C)(C)C)s1. The number of rotatable bonds is 6. The maximum absolute atomic E-state index is 9.90. The van der Waals surface area contributed by atoms with E-state index in [1.807, 2.05) is 27.8 Å². The first kappa shape index (κ1) is 15.6. The monoisotopic (exact) mass is 271 g/mol. The number of aliphatic hydroxyl groups excluding tert-OH is 1. The highest BCUT2D eigenvalue weighted by Crippen LogP contribution is 2.16. The third-order valence-electron chi connectivity index (χ3n) is 2.45. The fraction of sp³-hybridized carbons (Fsp3) is 0.714. The number of ether oxygens (including phenoxy) is 1. The van der Waals surface area contributed by atoms with Crippen molar-refractivity contribution in [2.75, 3.05) is 20.2 Å². The maximum Gasteiger partial charge on any atom is 0.0900 e. The molecule has 0 amide bonds. The molecule has 0 saturated heterocycles. The summed E-state index contributed by atoms with van der Waals surface area (Å²) in [4.78, 5) is 4.79. The van der Waals surface area contributed by atoms with Crippen molar-refractivity contribution in [1.82, 2.24) is 4.90 Å². The summed E-state index contributed by atoms with van der Waals surface area (Å²) < 4.78 is 5.57. The molecule has 0 spiro atoms. The largest absolute Gasteiger partial charge is 0.389 e. The molecule has 0 saturated carbocycles. The molecule has 1 unspecified atom stereocenters. The average Bonchev–Trinajstić information content (AvgIpc) is 2.59. The van der Waals surface area contributed by atoms with E-state index in [1.165, 1.54) is 9.75 Å². The smallest absolute Gasteiger partial charge is 0.0900 e. The average molecular weight is 271 g/mol. The molecule has 1 atom stereocenters. The molecule has 0 aliphatic heterocycles. The van der Waals surface area contributed by atoms with Gasteiger partial charge in [0.05, 0.1) is 18.3 Å². The molecule has 3 nitrogen and oxygen atoms in total. The van der Waals surface area contributed by atoms with E-state index in [9.17, 15) is 5.11 Å². The van der Waals surface area contributed by atoms with Crippen molar-refractivity contribution >= 4 is 11.3 Å². The fourth-order valence-corrected chi connectivity index (χ4v) is 2.63. The standard InChI is InChI=1S/C14H25NO2S/c1-11-6-7-13(18-11)9-15(5)8-12(16)10-17-14(2,3)4/h6-7,12,16H,8-10H2,1-5H3. The molecule has 104 valence electrons. The van der Waals surface area contributed by atoms with Crippen LogP contribution in [0.1, 0.15) is 30.5 Å². The van der Waals surface area contributed by atoms with Gasteiger partial charge in [0.1, 0.15) is 0 Å². The Bertz CT molecular complexity index is 357. The van der Waals surface area contributed by atoms with Crippen LogP contribution in [0.2, 0.25) is 0 Å². The molecule has 1 N–H and O–H groups in total. The van der Waals surface area contributed by atoms with E-state index in [0.717, 1.165) is 6.54 Å². The highest BCUT2D eigenvalue weighted by Gasteiger charge is 2.15. The van der Waals surface area contributed by atoms with E-state index < -0.39 is 6.10 Å². The fourth-order valence-electron chi connectivity index (χ4n) is 1.66. The normalized spacial score (nSPS) is 14.2. The number of hydrogen-bond acceptors (Lipinski definition) is 4. The molecule has 1 aromatic heterocycles. The summed E-state index contributed by atoms with van der Waals surface area (Å²) in [5.74, 6) is 0. The van der Waals surface area contributed by atoms with Gasteiger partial charge in [-0.25, -0.2) is 0 Å². The van der Waals surface area contributed by atoms with Crippen LogP contribution >= 0.6 is 11.3 Å². The summed E-state index contributed by atoms with van der Waals surface area (Å²) in [6, 6.07) is 4.28. The minimum atomic E-state index is -0.435. The van der Waals surface area contributed by atoms with Crippen LogP contribution in [0.5, 0.6) is 0 Å². The third-order valence-corrected chi connectivity index (χ3v) is 3.44. The van der Waals surface area contributed by atoms with E-state index in [0.29, 0.717) is 13.2 Å². The lowest BCUT2D eigenvalue weighted by atomic mass is 10.2. The first-order valence-electron chi connectivity index (χ1n) is 6.32. The minimum Gasteiger partial charge on any atom is -0.389 e. The van der Waals surface area contributed by atoms with Gasteiger partial charge in [0, 0.05) is 22.8 Å². The van der Waals surface area contributed by atoms with Crippen LogP contribution in [0.3, 0.4) is 0 Å². The van der Waals surface area contributed by atoms with E-state index in [2.05, 4.69) is 24.0 Å². The van der Waals surface area contributed by atoms with Crippen molar-refractivity contribution in [3.63, 3.8) is 0 Å². The maximum atomic E-state index is 9.90. The predicted molar refractivity (Wildman–Crippen MR) is 77.1 cm³/mol. The summed E-state index contributed by atoms with van der Waals surface area (Å²) in [6.07, 6.45) is -0.435. The van der Waals surface area contributed by atoms with E-state index in [4.69, 9.17) is 4.74 Å². The van der Waals surface area contributed by atoms with Gasteiger partial charge in [-0.3, -0.25) is 4.90 Å². The van der Waals surface area contributed by atoms with Crippen molar-refractivity contribution in [2.45, 2.75) is 45.9 Å². The number of likely N-dealkylation sites (N-methyl/N-ethyl adjacent to an activating group) is 1. The Balaban J connectivity index is 2.29. The lowest BCUT2D eigenvalue weighted by Crippen LogP contribution is -2.34. The van der Waals surface area contributed by atoms with Crippen LogP contribution in [0.25, 0.3) is 0 Å². The highest BCUT2D eigenvalue weighted by atomic mass is 32.1. The van der Waals surface area contributed by atoms with Crippen molar-refractivity contribution in [3.8, 4) is 0 Å². The number of aliphatic hydroxyl groups is 1. The molecule has 0 aromatic carbocycles. The lowest BCUT2D eigenvalue weighted by Gasteiger charge is -2.24. The van der Waals surface area contributed by atoms with Gasteiger partial charge in [-0.2, -0.15) is 0 Å². The van der Waals surface area contributed by atoms with Crippen LogP contribution in [-0.2, 0) is 11.3 Å². The van der Waals surface area contributed by atoms with Crippen LogP contribution in [-0.4, -0.2) is 41.9 Å². The van der Waals surface area contributed by atoms with Gasteiger partial charge in [-0.1, -0.05) is 0 Å². The van der Waals surface area contributed by atoms with Gasteiger partial charge in [0.2, 0.25) is 0 Å². The molecular formula is C14H25NO2S. The molecule has 0 aliphatic rings. The minimum absolute atomic E-state index is 0.190. The Morgan fingerprint density at radius 1 is 1.39 bits per heavy atom. The summed E-state index contributed by atoms with van der Waals surface area (Å²) >= 11 is 1.81. The summed E-state index contributed by atoms with van der Waals surface area (Å²) in [7, 11) is 2.02. The Labute approximate surface area is 114 Å². The second-order valence-corrected chi connectivity index (χ2v) is 7.16. The van der Waals surface area contributed by atoms with Gasteiger partial charge in [-0.15, -0.1) is 11.3 Å². The first-order valence-corrected chi connectivity index (χ1v) is 7.14. The summed E-state index contributed by atoms with van der Waals surface area (Å²) in [5, 5.41) is 9.90. The van der Waals surface area contributed by atoms with Gasteiger partial charge in [0.15, 0.2) is 0 Å². The van der Waals surface area contributed by atoms with Crippen molar-refractivity contribution < 1.29 is 9.84 Å². The molecule has 0 radical (unpaired) electrons. The summed E-state index contributed by atoms with van der Waals surface area (Å²) in [6.45, 7) is 10.0. The molecule has 1 rings (SSSR count). The van der Waals surface area contributed by atoms with Gasteiger partial charge >= 0.3 is 0 Å². The van der Waals surface area contributed by atoms with Crippen LogP contribution in [0.15, 0.2) is 12.1 Å². The third kappa shape index (κ3) is 6.50. The van der Waals surface area contributed by atoms with Crippen molar-refractivity contribution in [3.05, 3.63) is 21.9 Å². The molecule has 0 bridgehead atoms. The molecule has 18 heavy (non-hydrogen) atoms. The number of aryl methyl sites for hydroxylation is 1. The van der Waals surface area contributed by atoms with Crippen LogP contribution in [0.4, 0.5) is 0 Å². The van der Waals surface area contributed by atoms with Crippen LogP contribution < -0.4 is 0 Å². The number of hydrogen-bond donors (Lipinski definition) is 1. The van der Waals surface area contributed by atoms with Crippen molar-refractivity contribution in [1.29, 1.82) is 0 Å². The Hall–Kier alpha value is -0.420. The Kier molecular flexibility index (Phi) is 5.79. The van der Waals surface area contributed by atoms with E-state index >= 15 is 0 Å². The quantitative estimate of drug-likeness (QED) is 0.863. The molecule has 0 aliphatic carbocycles. The Morgan fingerprint density at radius 3 is 2.56 bits per heavy atom. The zero-order valence-corrected chi connectivity index (χ0v) is 12.9. The molecular weight excluding hydrogens is 246 g/mol. The topological polar surface area (TPSA) is 32.7 Å². The van der Waals surface area contributed by atoms with Crippen LogP contribution in [0, 0.1) is 6.92 Å². The van der Waals surface area contributed by atoms with Gasteiger partial charge in [0.25, 0.3) is 0 Å². The molecule has 1 aromatic rings. The van der Waals surface area contributed by atoms with Crippen molar-refractivity contribution in [2.24, 2.45) is 0 Å². The van der Waals surface area contributed by atoms with E-state index in [1.54, 1.807) is 11.3 Å². The second kappa shape index (κ2) is 6.66. The zero-order chi connectivity index (χ0) is 13.8. The lowest BCUT2D eigenvalue weighted by molar-refractivity contribution is -0.0550. The zero-order valence-electron chi connectivity index (χ0n) is 12.1. The van der Waals surface area contributed by atoms with Gasteiger partial charge < -0.3 is 9.84 Å². The first-order chi connectivity index (χ1) is 8.26. The molecule has 0 fully saturated rings. The molecule has 1 heterocycles. The Morgan fingerprint density at radius 2 is 2.06 bits per heavy atom. The highest BCUT2D eigenvalue weighted by molar-refractivity contribution is 7.11. The second-order valence-electron chi connectivity index (χ2n) is 5.79. The van der Waals surface area contributed by atoms with E-state index in [-0.39, 0.29) is 5.60 Å². The summed E-state index contributed by atoms with van der Waals surface area (Å²) in [5.41, 5.74) is -0.190. The number of nitrogens with zero attached hydrogens (tertiary/aromatic N) is 1. The predicted octanol–water partition coefficient (Wildman–Crippen LogP) is 2.66. The number of thiophene rings is 1. The molecule has 4 heteroatoms.